The minimum atomic E-state index is -0.571. The number of carbonyl (C=O) groups is 1. The van der Waals surface area contributed by atoms with Gasteiger partial charge in [0.25, 0.3) is 0 Å². The third-order valence-electron chi connectivity index (χ3n) is 4.15. The maximum Gasteiger partial charge on any atom is 0.412 e. The molecular formula is C21H16BrNO4. The van der Waals surface area contributed by atoms with Crippen LogP contribution in [-0.2, 0) is 11.3 Å². The van der Waals surface area contributed by atoms with Crippen LogP contribution in [0.4, 0.5) is 10.5 Å². The number of nitrogens with one attached hydrogen (secondary N) is 1. The monoisotopic (exact) mass is 425 g/mol. The number of fused-ring (bicyclic) bond motifs is 2. The van der Waals surface area contributed by atoms with E-state index in [-0.39, 0.29) is 6.61 Å². The molecule has 1 aliphatic heterocycles. The van der Waals surface area contributed by atoms with Gasteiger partial charge in [-0.25, -0.2) is 4.79 Å². The van der Waals surface area contributed by atoms with Crippen molar-refractivity contribution in [1.82, 2.24) is 0 Å². The molecule has 1 N–H and O–H groups in total. The summed E-state index contributed by atoms with van der Waals surface area (Å²) in [5, 5.41) is 3.64. The van der Waals surface area contributed by atoms with Crippen LogP contribution < -0.4 is 10.1 Å². The number of hydrogen-bond donors (Lipinski definition) is 1. The van der Waals surface area contributed by atoms with Gasteiger partial charge in [0, 0.05) is 27.2 Å². The van der Waals surface area contributed by atoms with E-state index in [1.165, 1.54) is 0 Å². The summed E-state index contributed by atoms with van der Waals surface area (Å²) in [5.41, 5.74) is 3.35. The van der Waals surface area contributed by atoms with Crippen LogP contribution in [0.25, 0.3) is 16.5 Å². The zero-order chi connectivity index (χ0) is 19.0. The third kappa shape index (κ3) is 3.75. The Labute approximate surface area is 164 Å². The van der Waals surface area contributed by atoms with Gasteiger partial charge in [-0.1, -0.05) is 22.5 Å². The van der Waals surface area contributed by atoms with Crippen LogP contribution in [0.3, 0.4) is 0 Å². The lowest BCUT2D eigenvalue weighted by Crippen LogP contribution is -2.13. The van der Waals surface area contributed by atoms with E-state index in [2.05, 4.69) is 27.8 Å². The van der Waals surface area contributed by atoms with Crippen molar-refractivity contribution in [1.29, 1.82) is 0 Å². The molecule has 6 heteroatoms. The maximum absolute atomic E-state index is 12.1. The van der Waals surface area contributed by atoms with Crippen molar-refractivity contribution in [2.45, 2.75) is 13.5 Å². The zero-order valence-corrected chi connectivity index (χ0v) is 16.1. The number of ether oxygens (including phenoxy) is 2. The molecule has 5 nitrogen and oxygen atoms in total. The van der Waals surface area contributed by atoms with Crippen molar-refractivity contribution < 1.29 is 18.7 Å². The number of allylic oxidation sites excluding steroid dienone is 2. The normalized spacial score (nSPS) is 13.0. The lowest BCUT2D eigenvalue weighted by Gasteiger charge is -2.18. The molecule has 0 unspecified atom stereocenters. The van der Waals surface area contributed by atoms with Gasteiger partial charge in [0.15, 0.2) is 6.61 Å². The highest BCUT2D eigenvalue weighted by Crippen LogP contribution is 2.34. The van der Waals surface area contributed by atoms with E-state index >= 15 is 0 Å². The molecule has 0 saturated heterocycles. The van der Waals surface area contributed by atoms with E-state index in [0.717, 1.165) is 26.6 Å². The first-order chi connectivity index (χ1) is 13.0. The number of furan rings is 1. The Morgan fingerprint density at radius 1 is 1.22 bits per heavy atom. The quantitative estimate of drug-likeness (QED) is 0.538. The molecule has 0 aliphatic carbocycles. The average Bonchev–Trinajstić information content (AvgIpc) is 3.01. The van der Waals surface area contributed by atoms with Crippen LogP contribution in [0.15, 0.2) is 69.8 Å². The predicted octanol–water partition coefficient (Wildman–Crippen LogP) is 6.25. The van der Waals surface area contributed by atoms with Crippen molar-refractivity contribution in [2.75, 3.05) is 5.32 Å². The van der Waals surface area contributed by atoms with Crippen LogP contribution in [0.2, 0.25) is 0 Å². The van der Waals surface area contributed by atoms with Crippen molar-refractivity contribution >= 4 is 44.3 Å². The van der Waals surface area contributed by atoms with Crippen LogP contribution in [0.5, 0.6) is 5.75 Å². The van der Waals surface area contributed by atoms with Crippen LogP contribution in [-0.4, -0.2) is 6.09 Å². The highest BCUT2D eigenvalue weighted by molar-refractivity contribution is 9.10. The molecule has 1 aliphatic rings. The molecule has 1 aromatic heterocycles. The van der Waals surface area contributed by atoms with Gasteiger partial charge in [0.1, 0.15) is 22.9 Å². The Morgan fingerprint density at radius 2 is 2.07 bits per heavy atom. The molecule has 2 heterocycles. The number of rotatable bonds is 3. The van der Waals surface area contributed by atoms with E-state index in [1.54, 1.807) is 12.1 Å². The number of amides is 1. The molecule has 3 aromatic rings. The van der Waals surface area contributed by atoms with Gasteiger partial charge >= 0.3 is 6.09 Å². The van der Waals surface area contributed by atoms with Crippen molar-refractivity contribution in [3.63, 3.8) is 0 Å². The molecular weight excluding hydrogens is 410 g/mol. The van der Waals surface area contributed by atoms with Gasteiger partial charge < -0.3 is 13.9 Å². The minimum Gasteiger partial charge on any atom is -0.457 e. The Kier molecular flexibility index (Phi) is 4.49. The second kappa shape index (κ2) is 6.96. The molecule has 0 fully saturated rings. The third-order valence-corrected chi connectivity index (χ3v) is 4.64. The summed E-state index contributed by atoms with van der Waals surface area (Å²) in [7, 11) is 0. The smallest absolute Gasteiger partial charge is 0.412 e. The molecule has 0 radical (unpaired) electrons. The first kappa shape index (κ1) is 17.4. The number of halogens is 1. The molecule has 2 aromatic carbocycles. The lowest BCUT2D eigenvalue weighted by molar-refractivity contribution is 0.147. The van der Waals surface area contributed by atoms with Crippen LogP contribution in [0, 0.1) is 0 Å². The second-order valence-corrected chi connectivity index (χ2v) is 7.12. The Hall–Kier alpha value is -2.99. The topological polar surface area (TPSA) is 60.7 Å². The van der Waals surface area contributed by atoms with E-state index in [9.17, 15) is 4.79 Å². The molecule has 0 spiro atoms. The van der Waals surface area contributed by atoms with Crippen molar-refractivity contribution in [2.24, 2.45) is 0 Å². The van der Waals surface area contributed by atoms with E-state index < -0.39 is 6.09 Å². The fourth-order valence-corrected chi connectivity index (χ4v) is 3.31. The highest BCUT2D eigenvalue weighted by Gasteiger charge is 2.15. The molecule has 0 atom stereocenters. The maximum atomic E-state index is 12.1. The van der Waals surface area contributed by atoms with Crippen molar-refractivity contribution in [3.8, 4) is 5.75 Å². The molecule has 0 saturated carbocycles. The molecule has 0 bridgehead atoms. The summed E-state index contributed by atoms with van der Waals surface area (Å²) in [6, 6.07) is 13.0. The minimum absolute atomic E-state index is 0.0399. The van der Waals surface area contributed by atoms with Gasteiger partial charge in [-0.2, -0.15) is 0 Å². The lowest BCUT2D eigenvalue weighted by atomic mass is 10.0. The SMILES string of the molecule is C=C1C=C(C)c2ccc(NC(=O)OCc3cc4cc(Br)ccc4o3)cc2O1. The fraction of sp³-hybridized carbons (Fsp3) is 0.0952. The second-order valence-electron chi connectivity index (χ2n) is 6.20. The molecule has 4 rings (SSSR count). The largest absolute Gasteiger partial charge is 0.457 e. The summed E-state index contributed by atoms with van der Waals surface area (Å²) >= 11 is 3.42. The Morgan fingerprint density at radius 3 is 2.93 bits per heavy atom. The zero-order valence-electron chi connectivity index (χ0n) is 14.5. The van der Waals surface area contributed by atoms with E-state index in [1.807, 2.05) is 43.3 Å². The summed E-state index contributed by atoms with van der Waals surface area (Å²) < 4.78 is 17.5. The summed E-state index contributed by atoms with van der Waals surface area (Å²) in [4.78, 5) is 12.1. The molecule has 136 valence electrons. The number of carbonyl (C=O) groups excluding carboxylic acids is 1. The summed E-state index contributed by atoms with van der Waals surface area (Å²) in [6.07, 6.45) is 1.30. The first-order valence-electron chi connectivity index (χ1n) is 8.29. The molecule has 27 heavy (non-hydrogen) atoms. The Balaban J connectivity index is 1.41. The van der Waals surface area contributed by atoms with Gasteiger partial charge in [-0.3, -0.25) is 5.32 Å². The van der Waals surface area contributed by atoms with E-state index in [4.69, 9.17) is 13.9 Å². The number of hydrogen-bond acceptors (Lipinski definition) is 4. The Bertz CT molecular complexity index is 1100. The summed E-state index contributed by atoms with van der Waals surface area (Å²) in [5.74, 6) is 1.79. The van der Waals surface area contributed by atoms with E-state index in [0.29, 0.717) is 23.0 Å². The van der Waals surface area contributed by atoms with Crippen molar-refractivity contribution in [3.05, 3.63) is 76.7 Å². The van der Waals surface area contributed by atoms with Crippen LogP contribution in [0.1, 0.15) is 18.2 Å². The number of anilines is 1. The van der Waals surface area contributed by atoms with Gasteiger partial charge in [0.2, 0.25) is 0 Å². The summed E-state index contributed by atoms with van der Waals surface area (Å²) in [6.45, 7) is 5.84. The molecule has 1 amide bonds. The number of benzene rings is 2. The predicted molar refractivity (Wildman–Crippen MR) is 108 cm³/mol. The van der Waals surface area contributed by atoms with Gasteiger partial charge in [-0.15, -0.1) is 0 Å². The fourth-order valence-electron chi connectivity index (χ4n) is 2.93. The van der Waals surface area contributed by atoms with Gasteiger partial charge in [-0.05, 0) is 55.0 Å². The standard InChI is InChI=1S/C21H16BrNO4/c1-12-7-13(2)26-20-10-16(4-5-18(12)20)23-21(24)25-11-17-9-14-8-15(22)3-6-19(14)27-17/h3-10H,2,11H2,1H3,(H,23,24). The van der Waals surface area contributed by atoms with Crippen LogP contribution >= 0.6 is 15.9 Å². The average molecular weight is 426 g/mol. The van der Waals surface area contributed by atoms with Gasteiger partial charge in [0.05, 0.1) is 0 Å². The highest BCUT2D eigenvalue weighted by atomic mass is 79.9. The first-order valence-corrected chi connectivity index (χ1v) is 9.08.